The van der Waals surface area contributed by atoms with Crippen molar-refractivity contribution in [2.45, 2.75) is 25.4 Å². The van der Waals surface area contributed by atoms with Crippen LogP contribution in [0.3, 0.4) is 0 Å². The van der Waals surface area contributed by atoms with Crippen molar-refractivity contribution >= 4 is 0 Å². The Morgan fingerprint density at radius 2 is 2.10 bits per heavy atom. The van der Waals surface area contributed by atoms with E-state index >= 15 is 0 Å². The van der Waals surface area contributed by atoms with Crippen molar-refractivity contribution in [3.8, 4) is 0 Å². The summed E-state index contributed by atoms with van der Waals surface area (Å²) in [6, 6.07) is 0. The average molecular weight is 142 g/mol. The van der Waals surface area contributed by atoms with Crippen LogP contribution in [-0.4, -0.2) is 22.9 Å². The number of fused-ring (bicyclic) bond motifs is 2. The van der Waals surface area contributed by atoms with Crippen molar-refractivity contribution in [2.24, 2.45) is 17.8 Å². The molecule has 2 nitrogen and oxygen atoms in total. The largest absolute Gasteiger partial charge is 0.396 e. The Balaban J connectivity index is 2.11. The van der Waals surface area contributed by atoms with Crippen LogP contribution in [-0.2, 0) is 0 Å². The van der Waals surface area contributed by atoms with Crippen LogP contribution in [0.1, 0.15) is 19.3 Å². The van der Waals surface area contributed by atoms with E-state index in [1.807, 2.05) is 0 Å². The van der Waals surface area contributed by atoms with Gasteiger partial charge in [0, 0.05) is 6.61 Å². The van der Waals surface area contributed by atoms with Gasteiger partial charge < -0.3 is 10.2 Å². The summed E-state index contributed by atoms with van der Waals surface area (Å²) in [6.07, 6.45) is 3.20. The molecule has 2 rings (SSSR count). The number of rotatable bonds is 1. The molecule has 4 atom stereocenters. The molecule has 0 saturated heterocycles. The Bertz CT molecular complexity index is 135. The fraction of sp³-hybridized carbons (Fsp3) is 1.00. The van der Waals surface area contributed by atoms with Gasteiger partial charge in [-0.2, -0.15) is 0 Å². The van der Waals surface area contributed by atoms with Crippen molar-refractivity contribution in [1.29, 1.82) is 0 Å². The molecular formula is C8H14O2. The van der Waals surface area contributed by atoms with E-state index in [1.54, 1.807) is 0 Å². The molecule has 0 heterocycles. The van der Waals surface area contributed by atoms with Gasteiger partial charge >= 0.3 is 0 Å². The van der Waals surface area contributed by atoms with Crippen LogP contribution < -0.4 is 0 Å². The second-order valence-corrected chi connectivity index (χ2v) is 3.65. The van der Waals surface area contributed by atoms with Gasteiger partial charge in [0.25, 0.3) is 0 Å². The zero-order chi connectivity index (χ0) is 7.14. The molecule has 0 radical (unpaired) electrons. The molecular weight excluding hydrogens is 128 g/mol. The van der Waals surface area contributed by atoms with Gasteiger partial charge in [-0.05, 0) is 37.0 Å². The minimum atomic E-state index is -0.101. The van der Waals surface area contributed by atoms with E-state index < -0.39 is 0 Å². The normalized spacial score (nSPS) is 52.2. The summed E-state index contributed by atoms with van der Waals surface area (Å²) in [5, 5.41) is 18.4. The fourth-order valence-electron chi connectivity index (χ4n) is 2.72. The molecule has 2 N–H and O–H groups in total. The Morgan fingerprint density at radius 3 is 2.40 bits per heavy atom. The second-order valence-electron chi connectivity index (χ2n) is 3.65. The highest BCUT2D eigenvalue weighted by molar-refractivity contribution is 4.96. The van der Waals surface area contributed by atoms with E-state index in [0.29, 0.717) is 17.8 Å². The first-order valence-corrected chi connectivity index (χ1v) is 4.12. The van der Waals surface area contributed by atoms with Crippen molar-refractivity contribution in [3.63, 3.8) is 0 Å². The molecule has 2 heteroatoms. The first-order valence-electron chi connectivity index (χ1n) is 4.12. The molecule has 2 aliphatic rings. The minimum absolute atomic E-state index is 0.101. The maximum absolute atomic E-state index is 9.41. The molecule has 0 amide bonds. The van der Waals surface area contributed by atoms with Gasteiger partial charge in [0.15, 0.2) is 0 Å². The summed E-state index contributed by atoms with van der Waals surface area (Å²) >= 11 is 0. The number of aliphatic hydroxyl groups excluding tert-OH is 2. The Morgan fingerprint density at radius 1 is 1.30 bits per heavy atom. The summed E-state index contributed by atoms with van der Waals surface area (Å²) in [7, 11) is 0. The van der Waals surface area contributed by atoms with Crippen LogP contribution in [0.5, 0.6) is 0 Å². The molecule has 58 valence electrons. The van der Waals surface area contributed by atoms with Crippen molar-refractivity contribution < 1.29 is 10.2 Å². The van der Waals surface area contributed by atoms with Crippen molar-refractivity contribution in [2.75, 3.05) is 6.61 Å². The van der Waals surface area contributed by atoms with Crippen LogP contribution in [0.2, 0.25) is 0 Å². The molecule has 2 aliphatic carbocycles. The van der Waals surface area contributed by atoms with E-state index in [2.05, 4.69) is 0 Å². The number of aliphatic hydroxyl groups is 2. The lowest BCUT2D eigenvalue weighted by molar-refractivity contribution is 0.0974. The molecule has 2 saturated carbocycles. The summed E-state index contributed by atoms with van der Waals surface area (Å²) in [6.45, 7) is 0.284. The fourth-order valence-corrected chi connectivity index (χ4v) is 2.72. The molecule has 2 bridgehead atoms. The van der Waals surface area contributed by atoms with E-state index in [0.717, 1.165) is 12.8 Å². The molecule has 0 aliphatic heterocycles. The highest BCUT2D eigenvalue weighted by Crippen LogP contribution is 2.48. The lowest BCUT2D eigenvalue weighted by atomic mass is 9.97. The highest BCUT2D eigenvalue weighted by atomic mass is 16.3. The minimum Gasteiger partial charge on any atom is -0.396 e. The molecule has 0 unspecified atom stereocenters. The Labute approximate surface area is 60.9 Å². The third kappa shape index (κ3) is 0.722. The van der Waals surface area contributed by atoms with Crippen molar-refractivity contribution in [1.82, 2.24) is 0 Å². The Hall–Kier alpha value is -0.0800. The summed E-state index contributed by atoms with van der Waals surface area (Å²) in [5.74, 6) is 1.48. The first kappa shape index (κ1) is 6.62. The first-order chi connectivity index (χ1) is 4.83. The summed E-state index contributed by atoms with van der Waals surface area (Å²) in [4.78, 5) is 0. The van der Waals surface area contributed by atoms with Gasteiger partial charge in [0.1, 0.15) is 0 Å². The average Bonchev–Trinajstić information content (AvgIpc) is 2.42. The van der Waals surface area contributed by atoms with E-state index in [1.165, 1.54) is 6.42 Å². The third-order valence-corrected chi connectivity index (χ3v) is 3.28. The zero-order valence-electron chi connectivity index (χ0n) is 6.03. The van der Waals surface area contributed by atoms with E-state index in [4.69, 9.17) is 5.11 Å². The topological polar surface area (TPSA) is 40.5 Å². The summed E-state index contributed by atoms with van der Waals surface area (Å²) < 4.78 is 0. The second kappa shape index (κ2) is 2.21. The van der Waals surface area contributed by atoms with Gasteiger partial charge in [-0.25, -0.2) is 0 Å². The van der Waals surface area contributed by atoms with Gasteiger partial charge in [-0.1, -0.05) is 0 Å². The van der Waals surface area contributed by atoms with Crippen LogP contribution in [0.25, 0.3) is 0 Å². The van der Waals surface area contributed by atoms with Crippen LogP contribution >= 0.6 is 0 Å². The lowest BCUT2D eigenvalue weighted by Gasteiger charge is -2.15. The lowest BCUT2D eigenvalue weighted by Crippen LogP contribution is -2.18. The van der Waals surface area contributed by atoms with Crippen LogP contribution in [0.4, 0.5) is 0 Å². The Kier molecular flexibility index (Phi) is 1.46. The molecule has 0 aromatic carbocycles. The van der Waals surface area contributed by atoms with Gasteiger partial charge in [0.05, 0.1) is 6.10 Å². The van der Waals surface area contributed by atoms with E-state index in [-0.39, 0.29) is 12.7 Å². The molecule has 10 heavy (non-hydrogen) atoms. The third-order valence-electron chi connectivity index (χ3n) is 3.28. The maximum Gasteiger partial charge on any atom is 0.0574 e. The summed E-state index contributed by atoms with van der Waals surface area (Å²) in [5.41, 5.74) is 0. The molecule has 0 aromatic rings. The number of hydrogen-bond donors (Lipinski definition) is 2. The van der Waals surface area contributed by atoms with Crippen LogP contribution in [0.15, 0.2) is 0 Å². The zero-order valence-corrected chi connectivity index (χ0v) is 6.03. The monoisotopic (exact) mass is 142 g/mol. The predicted molar refractivity (Wildman–Crippen MR) is 37.4 cm³/mol. The molecule has 2 fully saturated rings. The molecule has 0 aromatic heterocycles. The predicted octanol–water partition coefficient (Wildman–Crippen LogP) is 0.386. The smallest absolute Gasteiger partial charge is 0.0574 e. The maximum atomic E-state index is 9.41. The van der Waals surface area contributed by atoms with Gasteiger partial charge in [-0.3, -0.25) is 0 Å². The SMILES string of the molecule is OC[C@H]1[C@H]2CC[C@H]1[C@@H](O)C2. The number of hydrogen-bond acceptors (Lipinski definition) is 2. The standard InChI is InChI=1S/C8H14O2/c9-4-7-5-1-2-6(7)8(10)3-5/h5-10H,1-4H2/t5-,6+,7-,8-/m0/s1. The van der Waals surface area contributed by atoms with Gasteiger partial charge in [0.2, 0.25) is 0 Å². The van der Waals surface area contributed by atoms with Crippen LogP contribution in [0, 0.1) is 17.8 Å². The quantitative estimate of drug-likeness (QED) is 0.556. The van der Waals surface area contributed by atoms with E-state index in [9.17, 15) is 5.11 Å². The highest BCUT2D eigenvalue weighted by Gasteiger charge is 2.46. The molecule has 0 spiro atoms. The van der Waals surface area contributed by atoms with Crippen molar-refractivity contribution in [3.05, 3.63) is 0 Å². The van der Waals surface area contributed by atoms with Gasteiger partial charge in [-0.15, -0.1) is 0 Å².